The predicted molar refractivity (Wildman–Crippen MR) is 109 cm³/mol. The summed E-state index contributed by atoms with van der Waals surface area (Å²) in [4.78, 5) is 25.5. The molecule has 0 fully saturated rings. The van der Waals surface area contributed by atoms with Crippen LogP contribution >= 0.6 is 11.3 Å². The molecule has 2 aromatic carbocycles. The number of hydrogen-bond acceptors (Lipinski definition) is 4. The lowest BCUT2D eigenvalue weighted by Gasteiger charge is -2.11. The van der Waals surface area contributed by atoms with E-state index < -0.39 is 0 Å². The molecule has 1 heterocycles. The minimum absolute atomic E-state index is 0.0597. The van der Waals surface area contributed by atoms with E-state index in [0.29, 0.717) is 23.4 Å². The fraction of sp³-hybridized carbons (Fsp3) is 0.143. The summed E-state index contributed by atoms with van der Waals surface area (Å²) >= 11 is 1.56. The van der Waals surface area contributed by atoms with Crippen LogP contribution in [0, 0.1) is 6.92 Å². The maximum Gasteiger partial charge on any atom is 0.255 e. The molecule has 5 nitrogen and oxygen atoms in total. The number of hydrogen-bond donors (Lipinski definition) is 2. The first-order valence-electron chi connectivity index (χ1n) is 8.43. The molecule has 0 atom stereocenters. The molecule has 0 saturated carbocycles. The number of benzene rings is 2. The molecule has 3 rings (SSSR count). The van der Waals surface area contributed by atoms with Gasteiger partial charge in [0.2, 0.25) is 5.91 Å². The van der Waals surface area contributed by atoms with E-state index in [9.17, 15) is 9.59 Å². The zero-order chi connectivity index (χ0) is 19.2. The van der Waals surface area contributed by atoms with Crippen LogP contribution in [0.5, 0.6) is 5.75 Å². The molecule has 0 aliphatic rings. The lowest BCUT2D eigenvalue weighted by molar-refractivity contribution is -0.115. The Balaban J connectivity index is 1.63. The lowest BCUT2D eigenvalue weighted by atomic mass is 10.1. The van der Waals surface area contributed by atoms with Crippen molar-refractivity contribution < 1.29 is 14.3 Å². The molecule has 0 bridgehead atoms. The molecule has 2 N–H and O–H groups in total. The van der Waals surface area contributed by atoms with Crippen LogP contribution in [0.3, 0.4) is 0 Å². The molecule has 0 spiro atoms. The van der Waals surface area contributed by atoms with E-state index in [1.54, 1.807) is 54.8 Å². The molecule has 0 saturated heterocycles. The van der Waals surface area contributed by atoms with Gasteiger partial charge in [-0.25, -0.2) is 0 Å². The van der Waals surface area contributed by atoms with Gasteiger partial charge < -0.3 is 15.4 Å². The van der Waals surface area contributed by atoms with Crippen molar-refractivity contribution in [3.05, 3.63) is 76.0 Å². The number of rotatable bonds is 6. The first-order valence-corrected chi connectivity index (χ1v) is 9.31. The number of ether oxygens (including phenoxy) is 1. The minimum Gasteiger partial charge on any atom is -0.497 e. The average Bonchev–Trinajstić information content (AvgIpc) is 3.17. The Bertz CT molecular complexity index is 935. The Morgan fingerprint density at radius 3 is 2.44 bits per heavy atom. The second kappa shape index (κ2) is 8.51. The van der Waals surface area contributed by atoms with E-state index in [2.05, 4.69) is 10.6 Å². The highest BCUT2D eigenvalue weighted by atomic mass is 32.1. The summed E-state index contributed by atoms with van der Waals surface area (Å²) in [6.07, 6.45) is 0.354. The van der Waals surface area contributed by atoms with Crippen LogP contribution in [-0.4, -0.2) is 18.9 Å². The largest absolute Gasteiger partial charge is 0.497 e. The fourth-order valence-corrected chi connectivity index (χ4v) is 3.30. The summed E-state index contributed by atoms with van der Waals surface area (Å²) in [7, 11) is 1.58. The average molecular weight is 380 g/mol. The maximum atomic E-state index is 12.3. The van der Waals surface area contributed by atoms with Gasteiger partial charge in [-0.3, -0.25) is 9.59 Å². The molecule has 0 unspecified atom stereocenters. The third-order valence-corrected chi connectivity index (χ3v) is 4.90. The zero-order valence-electron chi connectivity index (χ0n) is 15.1. The lowest BCUT2D eigenvalue weighted by Crippen LogP contribution is -2.15. The van der Waals surface area contributed by atoms with Gasteiger partial charge in [-0.2, -0.15) is 0 Å². The van der Waals surface area contributed by atoms with E-state index in [1.807, 2.05) is 30.5 Å². The van der Waals surface area contributed by atoms with E-state index in [0.717, 1.165) is 16.1 Å². The van der Waals surface area contributed by atoms with Crippen molar-refractivity contribution in [2.75, 3.05) is 17.7 Å². The fourth-order valence-electron chi connectivity index (χ4n) is 2.59. The van der Waals surface area contributed by atoms with Crippen LogP contribution in [-0.2, 0) is 11.2 Å². The Kier molecular flexibility index (Phi) is 5.88. The summed E-state index contributed by atoms with van der Waals surface area (Å²) in [6.45, 7) is 1.89. The van der Waals surface area contributed by atoms with Gasteiger partial charge in [0.25, 0.3) is 5.91 Å². The second-order valence-electron chi connectivity index (χ2n) is 6.02. The molecule has 2 amide bonds. The monoisotopic (exact) mass is 380 g/mol. The number of methoxy groups -OCH3 is 1. The van der Waals surface area contributed by atoms with Crippen LogP contribution in [0.4, 0.5) is 11.4 Å². The number of carbonyl (C=O) groups excluding carboxylic acids is 2. The van der Waals surface area contributed by atoms with Crippen LogP contribution < -0.4 is 15.4 Å². The van der Waals surface area contributed by atoms with Crippen molar-refractivity contribution in [3.8, 4) is 5.75 Å². The molecule has 0 radical (unpaired) electrons. The maximum absolute atomic E-state index is 12.3. The summed E-state index contributed by atoms with van der Waals surface area (Å²) in [6, 6.07) is 16.2. The summed E-state index contributed by atoms with van der Waals surface area (Å²) in [5, 5.41) is 7.73. The van der Waals surface area contributed by atoms with Crippen LogP contribution in [0.25, 0.3) is 0 Å². The first-order chi connectivity index (χ1) is 13.0. The summed E-state index contributed by atoms with van der Waals surface area (Å²) in [5.41, 5.74) is 2.83. The highest BCUT2D eigenvalue weighted by molar-refractivity contribution is 7.10. The van der Waals surface area contributed by atoms with Gasteiger partial charge in [-0.05, 0) is 66.4 Å². The molecule has 0 aliphatic heterocycles. The van der Waals surface area contributed by atoms with E-state index in [4.69, 9.17) is 4.74 Å². The second-order valence-corrected chi connectivity index (χ2v) is 7.05. The van der Waals surface area contributed by atoms with Crippen molar-refractivity contribution in [1.82, 2.24) is 0 Å². The third kappa shape index (κ3) is 4.95. The number of thiophene rings is 1. The topological polar surface area (TPSA) is 67.4 Å². The van der Waals surface area contributed by atoms with Gasteiger partial charge in [0.15, 0.2) is 0 Å². The number of nitrogens with one attached hydrogen (secondary N) is 2. The zero-order valence-corrected chi connectivity index (χ0v) is 15.9. The predicted octanol–water partition coefficient (Wildman–Crippen LogP) is 4.50. The molecular formula is C21H20N2O3S. The van der Waals surface area contributed by atoms with Crippen molar-refractivity contribution in [3.63, 3.8) is 0 Å². The van der Waals surface area contributed by atoms with Gasteiger partial charge in [0.05, 0.1) is 13.5 Å². The van der Waals surface area contributed by atoms with Gasteiger partial charge in [-0.15, -0.1) is 11.3 Å². The number of carbonyl (C=O) groups is 2. The van der Waals surface area contributed by atoms with Crippen LogP contribution in [0.1, 0.15) is 20.8 Å². The van der Waals surface area contributed by atoms with Gasteiger partial charge in [0, 0.05) is 21.8 Å². The standard InChI is InChI=1S/C21H20N2O3S/c1-14-12-16(22-21(25)15-5-8-17(26-2)9-6-15)7-10-19(14)23-20(24)13-18-4-3-11-27-18/h3-12H,13H2,1-2H3,(H,22,25)(H,23,24). The molecule has 3 aromatic rings. The minimum atomic E-state index is -0.202. The third-order valence-electron chi connectivity index (χ3n) is 4.03. The Labute approximate surface area is 162 Å². The Morgan fingerprint density at radius 1 is 1.04 bits per heavy atom. The number of anilines is 2. The van der Waals surface area contributed by atoms with E-state index in [1.165, 1.54) is 0 Å². The van der Waals surface area contributed by atoms with Crippen LogP contribution in [0.2, 0.25) is 0 Å². The smallest absolute Gasteiger partial charge is 0.255 e. The summed E-state index contributed by atoms with van der Waals surface area (Å²) < 4.78 is 5.10. The van der Waals surface area contributed by atoms with Crippen molar-refractivity contribution >= 4 is 34.5 Å². The Hall–Kier alpha value is -3.12. The molecular weight excluding hydrogens is 360 g/mol. The van der Waals surface area contributed by atoms with E-state index in [-0.39, 0.29) is 11.8 Å². The SMILES string of the molecule is COc1ccc(C(=O)Nc2ccc(NC(=O)Cc3cccs3)c(C)c2)cc1. The van der Waals surface area contributed by atoms with Crippen molar-refractivity contribution in [2.45, 2.75) is 13.3 Å². The highest BCUT2D eigenvalue weighted by Crippen LogP contribution is 2.21. The van der Waals surface area contributed by atoms with Gasteiger partial charge in [-0.1, -0.05) is 6.07 Å². The molecule has 1 aromatic heterocycles. The molecule has 0 aliphatic carbocycles. The van der Waals surface area contributed by atoms with Crippen molar-refractivity contribution in [1.29, 1.82) is 0 Å². The van der Waals surface area contributed by atoms with E-state index >= 15 is 0 Å². The van der Waals surface area contributed by atoms with Gasteiger partial charge in [0.1, 0.15) is 5.75 Å². The number of aryl methyl sites for hydroxylation is 1. The normalized spacial score (nSPS) is 10.3. The summed E-state index contributed by atoms with van der Waals surface area (Å²) in [5.74, 6) is 0.437. The van der Waals surface area contributed by atoms with Crippen LogP contribution in [0.15, 0.2) is 60.0 Å². The molecule has 27 heavy (non-hydrogen) atoms. The van der Waals surface area contributed by atoms with Crippen molar-refractivity contribution in [2.24, 2.45) is 0 Å². The molecule has 6 heteroatoms. The quantitative estimate of drug-likeness (QED) is 0.662. The number of amides is 2. The first kappa shape index (κ1) is 18.7. The highest BCUT2D eigenvalue weighted by Gasteiger charge is 2.10. The Morgan fingerprint density at radius 2 is 1.81 bits per heavy atom. The van der Waals surface area contributed by atoms with Gasteiger partial charge >= 0.3 is 0 Å². The molecule has 138 valence electrons.